The molecule has 0 radical (unpaired) electrons. The van der Waals surface area contributed by atoms with E-state index >= 15 is 0 Å². The van der Waals surface area contributed by atoms with Gasteiger partial charge in [-0.2, -0.15) is 18.3 Å². The van der Waals surface area contributed by atoms with Crippen molar-refractivity contribution in [3.05, 3.63) is 23.0 Å². The predicted octanol–water partition coefficient (Wildman–Crippen LogP) is 1.91. The first-order chi connectivity index (χ1) is 8.43. The second kappa shape index (κ2) is 4.41. The first-order valence-corrected chi connectivity index (χ1v) is 5.60. The minimum Gasteiger partial charge on any atom is -0.354 e. The fraction of sp³-hybridized carbons (Fsp3) is 0.222. The molecule has 0 atom stereocenters. The van der Waals surface area contributed by atoms with Crippen LogP contribution in [0.2, 0.25) is 0 Å². The Hall–Kier alpha value is -1.90. The fourth-order valence-corrected chi connectivity index (χ4v) is 2.12. The monoisotopic (exact) mass is 276 g/mol. The molecule has 1 amide bonds. The van der Waals surface area contributed by atoms with Gasteiger partial charge in [0.1, 0.15) is 10.7 Å². The largest absolute Gasteiger partial charge is 0.434 e. The molecule has 0 spiro atoms. The first-order valence-electron chi connectivity index (χ1n) is 4.72. The molecule has 2 N–H and O–H groups in total. The first kappa shape index (κ1) is 12.6. The van der Waals surface area contributed by atoms with Crippen LogP contribution in [0, 0.1) is 0 Å². The summed E-state index contributed by atoms with van der Waals surface area (Å²) in [6, 6.07) is 0. The van der Waals surface area contributed by atoms with Gasteiger partial charge >= 0.3 is 6.18 Å². The summed E-state index contributed by atoms with van der Waals surface area (Å²) < 4.78 is 37.2. The summed E-state index contributed by atoms with van der Waals surface area (Å²) in [5.41, 5.74) is -0.651. The van der Waals surface area contributed by atoms with Crippen molar-refractivity contribution < 1.29 is 18.0 Å². The lowest BCUT2D eigenvalue weighted by atomic mass is 10.2. The molecule has 0 aliphatic carbocycles. The highest BCUT2D eigenvalue weighted by molar-refractivity contribution is 7.13. The zero-order chi connectivity index (χ0) is 13.3. The molecular formula is C9H7F3N4OS. The van der Waals surface area contributed by atoms with E-state index in [1.165, 1.54) is 13.2 Å². The molecule has 9 heteroatoms. The molecular weight excluding hydrogens is 269 g/mol. The van der Waals surface area contributed by atoms with Crippen LogP contribution in [-0.2, 0) is 6.18 Å². The molecule has 0 saturated heterocycles. The van der Waals surface area contributed by atoms with Gasteiger partial charge in [-0.1, -0.05) is 0 Å². The normalized spacial score (nSPS) is 11.6. The highest BCUT2D eigenvalue weighted by Crippen LogP contribution is 2.34. The maximum absolute atomic E-state index is 12.4. The van der Waals surface area contributed by atoms with Crippen LogP contribution in [0.3, 0.4) is 0 Å². The van der Waals surface area contributed by atoms with E-state index in [-0.39, 0.29) is 16.3 Å². The Morgan fingerprint density at radius 1 is 1.50 bits per heavy atom. The third-order valence-corrected chi connectivity index (χ3v) is 2.99. The Kier molecular flexibility index (Phi) is 3.07. The van der Waals surface area contributed by atoms with Crippen molar-refractivity contribution in [2.24, 2.45) is 0 Å². The molecule has 2 aromatic rings. The van der Waals surface area contributed by atoms with Gasteiger partial charge < -0.3 is 5.32 Å². The predicted molar refractivity (Wildman–Crippen MR) is 58.1 cm³/mol. The Labute approximate surface area is 103 Å². The maximum atomic E-state index is 12.4. The highest BCUT2D eigenvalue weighted by Gasteiger charge is 2.34. The molecule has 0 aliphatic rings. The summed E-state index contributed by atoms with van der Waals surface area (Å²) in [5, 5.41) is 9.41. The quantitative estimate of drug-likeness (QED) is 0.880. The fourth-order valence-electron chi connectivity index (χ4n) is 1.27. The van der Waals surface area contributed by atoms with E-state index < -0.39 is 17.8 Å². The molecule has 96 valence electrons. The number of thiazole rings is 1. The van der Waals surface area contributed by atoms with E-state index in [2.05, 4.69) is 20.5 Å². The molecule has 2 rings (SSSR count). The molecule has 0 fully saturated rings. The number of amides is 1. The number of carbonyl (C=O) groups excluding carboxylic acids is 1. The van der Waals surface area contributed by atoms with Gasteiger partial charge in [0.15, 0.2) is 5.69 Å². The van der Waals surface area contributed by atoms with E-state index in [0.717, 1.165) is 16.7 Å². The lowest BCUT2D eigenvalue weighted by Gasteiger charge is -2.00. The van der Waals surface area contributed by atoms with Gasteiger partial charge in [-0.25, -0.2) is 4.98 Å². The zero-order valence-electron chi connectivity index (χ0n) is 9.00. The number of hydrogen-bond acceptors (Lipinski definition) is 4. The Morgan fingerprint density at radius 2 is 2.22 bits per heavy atom. The number of carbonyl (C=O) groups is 1. The van der Waals surface area contributed by atoms with Gasteiger partial charge in [-0.3, -0.25) is 9.89 Å². The molecule has 18 heavy (non-hydrogen) atoms. The summed E-state index contributed by atoms with van der Waals surface area (Å²) in [4.78, 5) is 14.9. The molecule has 2 heterocycles. The standard InChI is InChI=1S/C9H7F3N4OS/c1-13-7(17)6-4(2-14-16-6)8-15-5(3-18-8)9(10,11)12/h2-3H,1H3,(H,13,17)(H,14,16). The molecule has 0 aliphatic heterocycles. The Morgan fingerprint density at radius 3 is 2.78 bits per heavy atom. The molecule has 0 bridgehead atoms. The van der Waals surface area contributed by atoms with Gasteiger partial charge in [-0.15, -0.1) is 11.3 Å². The minimum atomic E-state index is -4.49. The van der Waals surface area contributed by atoms with E-state index in [9.17, 15) is 18.0 Å². The number of rotatable bonds is 2. The highest BCUT2D eigenvalue weighted by atomic mass is 32.1. The van der Waals surface area contributed by atoms with Crippen LogP contribution in [0.4, 0.5) is 13.2 Å². The molecule has 0 unspecified atom stereocenters. The number of halogens is 3. The van der Waals surface area contributed by atoms with Crippen molar-refractivity contribution in [3.8, 4) is 10.6 Å². The van der Waals surface area contributed by atoms with Crippen LogP contribution >= 0.6 is 11.3 Å². The number of alkyl halides is 3. The number of hydrogen-bond donors (Lipinski definition) is 2. The number of nitrogens with zero attached hydrogens (tertiary/aromatic N) is 2. The summed E-state index contributed by atoms with van der Waals surface area (Å²) in [6.45, 7) is 0. The minimum absolute atomic E-state index is 0.0839. The van der Waals surface area contributed by atoms with Gasteiger partial charge in [0.05, 0.1) is 11.8 Å². The van der Waals surface area contributed by atoms with Gasteiger partial charge in [0.25, 0.3) is 5.91 Å². The van der Waals surface area contributed by atoms with Crippen LogP contribution in [0.1, 0.15) is 16.2 Å². The lowest BCUT2D eigenvalue weighted by molar-refractivity contribution is -0.140. The number of nitrogens with one attached hydrogen (secondary N) is 2. The number of aromatic nitrogens is 3. The maximum Gasteiger partial charge on any atom is 0.434 e. The summed E-state index contributed by atoms with van der Waals surface area (Å²) in [6.07, 6.45) is -3.23. The second-order valence-electron chi connectivity index (χ2n) is 3.27. The van der Waals surface area contributed by atoms with Crippen molar-refractivity contribution >= 4 is 17.2 Å². The summed E-state index contributed by atoms with van der Waals surface area (Å²) in [5.74, 6) is -0.466. The van der Waals surface area contributed by atoms with Crippen molar-refractivity contribution in [1.29, 1.82) is 0 Å². The van der Waals surface area contributed by atoms with E-state index in [1.807, 2.05) is 0 Å². The zero-order valence-corrected chi connectivity index (χ0v) is 9.82. The van der Waals surface area contributed by atoms with E-state index in [1.54, 1.807) is 0 Å². The summed E-state index contributed by atoms with van der Waals surface area (Å²) >= 11 is 0.805. The van der Waals surface area contributed by atoms with Crippen molar-refractivity contribution in [1.82, 2.24) is 20.5 Å². The number of aromatic amines is 1. The smallest absolute Gasteiger partial charge is 0.354 e. The molecule has 5 nitrogen and oxygen atoms in total. The van der Waals surface area contributed by atoms with Crippen molar-refractivity contribution in [2.75, 3.05) is 7.05 Å². The average molecular weight is 276 g/mol. The van der Waals surface area contributed by atoms with Crippen LogP contribution in [0.15, 0.2) is 11.6 Å². The summed E-state index contributed by atoms with van der Waals surface area (Å²) in [7, 11) is 1.41. The van der Waals surface area contributed by atoms with Crippen LogP contribution in [-0.4, -0.2) is 28.1 Å². The Balaban J connectivity index is 2.41. The van der Waals surface area contributed by atoms with Crippen LogP contribution in [0.25, 0.3) is 10.6 Å². The van der Waals surface area contributed by atoms with Crippen LogP contribution in [0.5, 0.6) is 0 Å². The van der Waals surface area contributed by atoms with Gasteiger partial charge in [0, 0.05) is 12.4 Å². The number of H-pyrrole nitrogens is 1. The van der Waals surface area contributed by atoms with Gasteiger partial charge in [-0.05, 0) is 0 Å². The third kappa shape index (κ3) is 2.21. The second-order valence-corrected chi connectivity index (χ2v) is 4.13. The van der Waals surface area contributed by atoms with E-state index in [0.29, 0.717) is 0 Å². The molecule has 0 saturated carbocycles. The van der Waals surface area contributed by atoms with Gasteiger partial charge in [0.2, 0.25) is 0 Å². The SMILES string of the molecule is CNC(=O)c1[nH]ncc1-c1nc(C(F)(F)F)cs1. The topological polar surface area (TPSA) is 70.7 Å². The van der Waals surface area contributed by atoms with Crippen molar-refractivity contribution in [2.45, 2.75) is 6.18 Å². The molecule has 0 aromatic carbocycles. The van der Waals surface area contributed by atoms with Crippen LogP contribution < -0.4 is 5.32 Å². The average Bonchev–Trinajstić information content (AvgIpc) is 2.94. The van der Waals surface area contributed by atoms with Crippen molar-refractivity contribution in [3.63, 3.8) is 0 Å². The Bertz CT molecular complexity index is 574. The lowest BCUT2D eigenvalue weighted by Crippen LogP contribution is -2.19. The molecule has 2 aromatic heterocycles. The third-order valence-electron chi connectivity index (χ3n) is 2.12. The van der Waals surface area contributed by atoms with E-state index in [4.69, 9.17) is 0 Å².